The van der Waals surface area contributed by atoms with Crippen LogP contribution >= 0.6 is 0 Å². The standard InChI is InChI=1S/C11H22N4/c1-10(6-8-14(2)3)12-9-11-5-7-13-15(11)4/h5,7,10,12H,6,8-9H2,1-4H3. The fourth-order valence-electron chi connectivity index (χ4n) is 1.41. The van der Waals surface area contributed by atoms with Crippen molar-refractivity contribution in [1.29, 1.82) is 0 Å². The molecule has 1 heterocycles. The Kier molecular flexibility index (Phi) is 4.78. The van der Waals surface area contributed by atoms with Crippen molar-refractivity contribution in [3.05, 3.63) is 18.0 Å². The third-order valence-electron chi connectivity index (χ3n) is 2.56. The van der Waals surface area contributed by atoms with E-state index in [2.05, 4.69) is 36.3 Å². The van der Waals surface area contributed by atoms with Gasteiger partial charge in [-0.1, -0.05) is 0 Å². The van der Waals surface area contributed by atoms with Crippen molar-refractivity contribution in [3.8, 4) is 0 Å². The molecule has 86 valence electrons. The monoisotopic (exact) mass is 210 g/mol. The number of rotatable bonds is 6. The van der Waals surface area contributed by atoms with Crippen molar-refractivity contribution in [2.45, 2.75) is 25.9 Å². The van der Waals surface area contributed by atoms with Crippen molar-refractivity contribution < 1.29 is 0 Å². The first-order valence-electron chi connectivity index (χ1n) is 5.44. The molecule has 1 unspecified atom stereocenters. The Morgan fingerprint density at radius 2 is 2.27 bits per heavy atom. The zero-order chi connectivity index (χ0) is 11.3. The van der Waals surface area contributed by atoms with E-state index in [1.807, 2.05) is 24.0 Å². The van der Waals surface area contributed by atoms with Crippen LogP contribution in [0.15, 0.2) is 12.3 Å². The van der Waals surface area contributed by atoms with E-state index >= 15 is 0 Å². The molecule has 0 spiro atoms. The van der Waals surface area contributed by atoms with Crippen LogP contribution in [0.4, 0.5) is 0 Å². The molecule has 0 aliphatic heterocycles. The highest BCUT2D eigenvalue weighted by Gasteiger charge is 2.03. The Labute approximate surface area is 92.3 Å². The van der Waals surface area contributed by atoms with E-state index in [1.54, 1.807) is 0 Å². The minimum Gasteiger partial charge on any atom is -0.309 e. The molecule has 0 saturated carbocycles. The summed E-state index contributed by atoms with van der Waals surface area (Å²) in [5.41, 5.74) is 1.23. The normalized spacial score (nSPS) is 13.4. The summed E-state index contributed by atoms with van der Waals surface area (Å²) in [4.78, 5) is 2.21. The summed E-state index contributed by atoms with van der Waals surface area (Å²) < 4.78 is 1.91. The van der Waals surface area contributed by atoms with Gasteiger partial charge < -0.3 is 10.2 Å². The average Bonchev–Trinajstić information content (AvgIpc) is 2.58. The fourth-order valence-corrected chi connectivity index (χ4v) is 1.41. The lowest BCUT2D eigenvalue weighted by Gasteiger charge is -2.16. The van der Waals surface area contributed by atoms with Gasteiger partial charge in [-0.15, -0.1) is 0 Å². The molecule has 15 heavy (non-hydrogen) atoms. The Morgan fingerprint density at radius 1 is 1.53 bits per heavy atom. The minimum absolute atomic E-state index is 0.544. The lowest BCUT2D eigenvalue weighted by molar-refractivity contribution is 0.364. The van der Waals surface area contributed by atoms with Crippen LogP contribution in [0, 0.1) is 0 Å². The summed E-state index contributed by atoms with van der Waals surface area (Å²) in [7, 11) is 6.18. The van der Waals surface area contributed by atoms with Gasteiger partial charge in [-0.2, -0.15) is 5.10 Å². The third kappa shape index (κ3) is 4.44. The predicted molar refractivity (Wildman–Crippen MR) is 62.7 cm³/mol. The van der Waals surface area contributed by atoms with E-state index in [9.17, 15) is 0 Å². The Morgan fingerprint density at radius 3 is 2.80 bits per heavy atom. The molecule has 0 amide bonds. The summed E-state index contributed by atoms with van der Waals surface area (Å²) in [5.74, 6) is 0. The van der Waals surface area contributed by atoms with Crippen LogP contribution in [0.5, 0.6) is 0 Å². The zero-order valence-corrected chi connectivity index (χ0v) is 10.2. The highest BCUT2D eigenvalue weighted by atomic mass is 15.3. The number of nitrogens with zero attached hydrogens (tertiary/aromatic N) is 3. The van der Waals surface area contributed by atoms with Crippen LogP contribution in [0.25, 0.3) is 0 Å². The molecule has 0 saturated heterocycles. The Hall–Kier alpha value is -0.870. The first-order valence-corrected chi connectivity index (χ1v) is 5.44. The van der Waals surface area contributed by atoms with Crippen molar-refractivity contribution in [2.75, 3.05) is 20.6 Å². The van der Waals surface area contributed by atoms with Gasteiger partial charge in [-0.05, 0) is 40.1 Å². The SMILES string of the molecule is CC(CCN(C)C)NCc1ccnn1C. The van der Waals surface area contributed by atoms with Crippen LogP contribution in [-0.2, 0) is 13.6 Å². The van der Waals surface area contributed by atoms with Gasteiger partial charge in [0.1, 0.15) is 0 Å². The molecule has 4 nitrogen and oxygen atoms in total. The van der Waals surface area contributed by atoms with Crippen LogP contribution in [-0.4, -0.2) is 41.4 Å². The van der Waals surface area contributed by atoms with Gasteiger partial charge in [0.05, 0.1) is 5.69 Å². The second kappa shape index (κ2) is 5.88. The highest BCUT2D eigenvalue weighted by molar-refractivity contribution is 4.99. The van der Waals surface area contributed by atoms with E-state index in [1.165, 1.54) is 12.1 Å². The van der Waals surface area contributed by atoms with E-state index in [-0.39, 0.29) is 0 Å². The van der Waals surface area contributed by atoms with Gasteiger partial charge in [0.2, 0.25) is 0 Å². The molecule has 1 aromatic rings. The van der Waals surface area contributed by atoms with Crippen molar-refractivity contribution in [2.24, 2.45) is 7.05 Å². The van der Waals surface area contributed by atoms with Crippen molar-refractivity contribution in [1.82, 2.24) is 20.0 Å². The van der Waals surface area contributed by atoms with E-state index < -0.39 is 0 Å². The molecule has 0 fully saturated rings. The van der Waals surface area contributed by atoms with Crippen LogP contribution in [0.3, 0.4) is 0 Å². The lowest BCUT2D eigenvalue weighted by Crippen LogP contribution is -2.30. The molecule has 1 rings (SSSR count). The molecule has 0 bridgehead atoms. The molecule has 0 radical (unpaired) electrons. The molecule has 0 aliphatic carbocycles. The molecular formula is C11H22N4. The zero-order valence-electron chi connectivity index (χ0n) is 10.2. The maximum absolute atomic E-state index is 4.14. The number of hydrogen-bond donors (Lipinski definition) is 1. The molecule has 0 aliphatic rings. The number of hydrogen-bond acceptors (Lipinski definition) is 3. The summed E-state index contributed by atoms with van der Waals surface area (Å²) >= 11 is 0. The fraction of sp³-hybridized carbons (Fsp3) is 0.727. The minimum atomic E-state index is 0.544. The Bertz CT molecular complexity index is 280. The van der Waals surface area contributed by atoms with Gasteiger partial charge in [0, 0.05) is 25.8 Å². The van der Waals surface area contributed by atoms with E-state index in [0.29, 0.717) is 6.04 Å². The molecule has 1 atom stereocenters. The largest absolute Gasteiger partial charge is 0.309 e. The van der Waals surface area contributed by atoms with E-state index in [0.717, 1.165) is 13.1 Å². The van der Waals surface area contributed by atoms with Gasteiger partial charge in [-0.25, -0.2) is 0 Å². The van der Waals surface area contributed by atoms with Gasteiger partial charge in [0.25, 0.3) is 0 Å². The number of aryl methyl sites for hydroxylation is 1. The first kappa shape index (κ1) is 12.2. The Balaban J connectivity index is 2.22. The molecule has 4 heteroatoms. The third-order valence-corrected chi connectivity index (χ3v) is 2.56. The van der Waals surface area contributed by atoms with Crippen molar-refractivity contribution in [3.63, 3.8) is 0 Å². The number of aromatic nitrogens is 2. The summed E-state index contributed by atoms with van der Waals surface area (Å²) in [5, 5.41) is 7.63. The molecule has 0 aromatic carbocycles. The van der Waals surface area contributed by atoms with Gasteiger partial charge in [0.15, 0.2) is 0 Å². The number of nitrogens with one attached hydrogen (secondary N) is 1. The van der Waals surface area contributed by atoms with E-state index in [4.69, 9.17) is 0 Å². The average molecular weight is 210 g/mol. The maximum atomic E-state index is 4.14. The van der Waals surface area contributed by atoms with Crippen LogP contribution in [0.1, 0.15) is 19.0 Å². The second-order valence-corrected chi connectivity index (χ2v) is 4.32. The van der Waals surface area contributed by atoms with Gasteiger partial charge in [-0.3, -0.25) is 4.68 Å². The summed E-state index contributed by atoms with van der Waals surface area (Å²) in [6.45, 7) is 4.24. The predicted octanol–water partition coefficient (Wildman–Crippen LogP) is 0.850. The molecular weight excluding hydrogens is 188 g/mol. The molecule has 1 aromatic heterocycles. The highest BCUT2D eigenvalue weighted by Crippen LogP contribution is 1.98. The molecule has 1 N–H and O–H groups in total. The first-order chi connectivity index (χ1) is 7.09. The smallest absolute Gasteiger partial charge is 0.0518 e. The summed E-state index contributed by atoms with van der Waals surface area (Å²) in [6.07, 6.45) is 3.01. The lowest BCUT2D eigenvalue weighted by atomic mass is 10.2. The summed E-state index contributed by atoms with van der Waals surface area (Å²) in [6, 6.07) is 2.59. The second-order valence-electron chi connectivity index (χ2n) is 4.32. The van der Waals surface area contributed by atoms with Crippen molar-refractivity contribution >= 4 is 0 Å². The maximum Gasteiger partial charge on any atom is 0.0518 e. The quantitative estimate of drug-likeness (QED) is 0.755. The van der Waals surface area contributed by atoms with Crippen LogP contribution < -0.4 is 5.32 Å². The van der Waals surface area contributed by atoms with Crippen LogP contribution in [0.2, 0.25) is 0 Å². The topological polar surface area (TPSA) is 33.1 Å². The van der Waals surface area contributed by atoms with Gasteiger partial charge >= 0.3 is 0 Å².